The summed E-state index contributed by atoms with van der Waals surface area (Å²) in [6.07, 6.45) is 1.37. The van der Waals surface area contributed by atoms with Gasteiger partial charge in [0.25, 0.3) is 5.91 Å². The Kier molecular flexibility index (Phi) is 7.28. The van der Waals surface area contributed by atoms with Gasteiger partial charge in [-0.15, -0.1) is 0 Å². The highest BCUT2D eigenvalue weighted by molar-refractivity contribution is 9.11. The van der Waals surface area contributed by atoms with E-state index in [-0.39, 0.29) is 5.91 Å². The Morgan fingerprint density at radius 3 is 2.66 bits per heavy atom. The van der Waals surface area contributed by atoms with Gasteiger partial charge in [0.05, 0.1) is 17.8 Å². The largest absolute Gasteiger partial charge is 0.496 e. The molecule has 0 spiro atoms. The highest BCUT2D eigenvalue weighted by Gasteiger charge is 2.19. The quantitative estimate of drug-likeness (QED) is 0.322. The Hall–Kier alpha value is -2.38. The van der Waals surface area contributed by atoms with Crippen molar-refractivity contribution in [2.24, 2.45) is 5.10 Å². The summed E-state index contributed by atoms with van der Waals surface area (Å²) in [6.45, 7) is 1.89. The van der Waals surface area contributed by atoms with Crippen molar-refractivity contribution in [2.75, 3.05) is 7.11 Å². The molecule has 0 aliphatic carbocycles. The third-order valence-electron chi connectivity index (χ3n) is 4.33. The minimum Gasteiger partial charge on any atom is -0.496 e. The molecular weight excluding hydrogens is 500 g/mol. The molecule has 0 aromatic heterocycles. The van der Waals surface area contributed by atoms with Gasteiger partial charge in [0.2, 0.25) is 0 Å². The fourth-order valence-electron chi connectivity index (χ4n) is 2.82. The summed E-state index contributed by atoms with van der Waals surface area (Å²) >= 11 is 7.00. The predicted molar refractivity (Wildman–Crippen MR) is 123 cm³/mol. The Balaban J connectivity index is 1.71. The standard InChI is InChI=1S/C22H20Br2N2O3/c1-3-18(29-20-10-8-14-6-4-5-7-17(14)21(20)24)22(27)26-25-13-15-12-16(23)9-11-19(15)28-2/h4-13,18H,3H2,1-2H3,(H,26,27). The minimum absolute atomic E-state index is 0.322. The smallest absolute Gasteiger partial charge is 0.281 e. The van der Waals surface area contributed by atoms with Gasteiger partial charge in [-0.1, -0.05) is 53.2 Å². The first kappa shape index (κ1) is 21.3. The molecule has 0 saturated carbocycles. The second kappa shape index (κ2) is 9.89. The van der Waals surface area contributed by atoms with Gasteiger partial charge in [-0.2, -0.15) is 5.10 Å². The molecule has 0 fully saturated rings. The van der Waals surface area contributed by atoms with E-state index in [1.54, 1.807) is 13.3 Å². The molecule has 0 radical (unpaired) electrons. The summed E-state index contributed by atoms with van der Waals surface area (Å²) in [5, 5.41) is 6.18. The van der Waals surface area contributed by atoms with Crippen LogP contribution in [0.1, 0.15) is 18.9 Å². The number of carbonyl (C=O) groups is 1. The van der Waals surface area contributed by atoms with Crippen molar-refractivity contribution in [3.63, 3.8) is 0 Å². The molecule has 3 aromatic rings. The second-order valence-corrected chi connectivity index (χ2v) is 7.94. The first-order valence-corrected chi connectivity index (χ1v) is 10.6. The number of rotatable bonds is 7. The molecule has 0 aliphatic heterocycles. The first-order valence-electron chi connectivity index (χ1n) is 9.03. The number of hydrogen-bond donors (Lipinski definition) is 1. The van der Waals surface area contributed by atoms with Crippen LogP contribution in [-0.4, -0.2) is 25.3 Å². The summed E-state index contributed by atoms with van der Waals surface area (Å²) in [4.78, 5) is 12.6. The molecule has 3 aromatic carbocycles. The maximum absolute atomic E-state index is 12.6. The molecule has 7 heteroatoms. The highest BCUT2D eigenvalue weighted by Crippen LogP contribution is 2.33. The molecule has 1 amide bonds. The molecule has 1 atom stereocenters. The summed E-state index contributed by atoms with van der Waals surface area (Å²) in [5.74, 6) is 0.954. The fraction of sp³-hybridized carbons (Fsp3) is 0.182. The molecule has 150 valence electrons. The lowest BCUT2D eigenvalue weighted by Crippen LogP contribution is -2.35. The van der Waals surface area contributed by atoms with E-state index in [1.807, 2.05) is 61.5 Å². The van der Waals surface area contributed by atoms with Gasteiger partial charge in [0, 0.05) is 10.0 Å². The van der Waals surface area contributed by atoms with Crippen LogP contribution in [-0.2, 0) is 4.79 Å². The molecule has 0 aliphatic rings. The van der Waals surface area contributed by atoms with Crippen LogP contribution in [0.25, 0.3) is 10.8 Å². The van der Waals surface area contributed by atoms with Gasteiger partial charge in [0.15, 0.2) is 6.10 Å². The van der Waals surface area contributed by atoms with Crippen LogP contribution < -0.4 is 14.9 Å². The van der Waals surface area contributed by atoms with E-state index in [1.165, 1.54) is 0 Å². The number of nitrogens with one attached hydrogen (secondary N) is 1. The first-order chi connectivity index (χ1) is 14.0. The van der Waals surface area contributed by atoms with Crippen LogP contribution in [0.15, 0.2) is 68.6 Å². The number of fused-ring (bicyclic) bond motifs is 1. The zero-order valence-corrected chi connectivity index (χ0v) is 19.2. The number of ether oxygens (including phenoxy) is 2. The average Bonchev–Trinajstić information content (AvgIpc) is 2.73. The average molecular weight is 520 g/mol. The van der Waals surface area contributed by atoms with Crippen LogP contribution in [0.5, 0.6) is 11.5 Å². The van der Waals surface area contributed by atoms with Crippen molar-refractivity contribution in [3.05, 3.63) is 69.1 Å². The summed E-state index contributed by atoms with van der Waals surface area (Å²) in [6, 6.07) is 17.4. The van der Waals surface area contributed by atoms with Crippen molar-refractivity contribution in [2.45, 2.75) is 19.4 Å². The molecule has 1 unspecified atom stereocenters. The number of carbonyl (C=O) groups excluding carboxylic acids is 1. The van der Waals surface area contributed by atoms with Crippen molar-refractivity contribution in [1.29, 1.82) is 0 Å². The normalized spacial score (nSPS) is 12.1. The topological polar surface area (TPSA) is 59.9 Å². The van der Waals surface area contributed by atoms with E-state index >= 15 is 0 Å². The summed E-state index contributed by atoms with van der Waals surface area (Å²) in [5.41, 5.74) is 3.29. The maximum atomic E-state index is 12.6. The number of amides is 1. The summed E-state index contributed by atoms with van der Waals surface area (Å²) < 4.78 is 13.0. The lowest BCUT2D eigenvalue weighted by Gasteiger charge is -2.17. The number of hydrazone groups is 1. The molecular formula is C22H20Br2N2O3. The van der Waals surface area contributed by atoms with Crippen LogP contribution in [0.4, 0.5) is 0 Å². The van der Waals surface area contributed by atoms with E-state index in [9.17, 15) is 4.79 Å². The number of nitrogens with zero attached hydrogens (tertiary/aromatic N) is 1. The van der Waals surface area contributed by atoms with Gasteiger partial charge >= 0.3 is 0 Å². The predicted octanol–water partition coefficient (Wildman–Crippen LogP) is 5.68. The fourth-order valence-corrected chi connectivity index (χ4v) is 3.79. The number of hydrogen-bond acceptors (Lipinski definition) is 4. The molecule has 0 bridgehead atoms. The SMILES string of the molecule is CCC(Oc1ccc2ccccc2c1Br)C(=O)NN=Cc1cc(Br)ccc1OC. The molecule has 0 heterocycles. The van der Waals surface area contributed by atoms with Crippen molar-refractivity contribution in [1.82, 2.24) is 5.43 Å². The van der Waals surface area contributed by atoms with E-state index in [4.69, 9.17) is 9.47 Å². The Morgan fingerprint density at radius 1 is 1.14 bits per heavy atom. The maximum Gasteiger partial charge on any atom is 0.281 e. The summed E-state index contributed by atoms with van der Waals surface area (Å²) in [7, 11) is 1.58. The van der Waals surface area contributed by atoms with Crippen molar-refractivity contribution in [3.8, 4) is 11.5 Å². The van der Waals surface area contributed by atoms with Gasteiger partial charge in [-0.05, 0) is 57.4 Å². The lowest BCUT2D eigenvalue weighted by molar-refractivity contribution is -0.128. The molecule has 29 heavy (non-hydrogen) atoms. The Morgan fingerprint density at radius 2 is 1.90 bits per heavy atom. The Bertz CT molecular complexity index is 1050. The van der Waals surface area contributed by atoms with E-state index in [0.717, 1.165) is 25.3 Å². The Labute approximate surface area is 186 Å². The lowest BCUT2D eigenvalue weighted by atomic mass is 10.1. The van der Waals surface area contributed by atoms with Crippen molar-refractivity contribution >= 4 is 54.8 Å². The molecule has 0 saturated heterocycles. The number of benzene rings is 3. The molecule has 1 N–H and O–H groups in total. The number of halogens is 2. The monoisotopic (exact) mass is 518 g/mol. The zero-order valence-electron chi connectivity index (χ0n) is 16.0. The minimum atomic E-state index is -0.672. The number of methoxy groups -OCH3 is 1. The van der Waals surface area contributed by atoms with Crippen LogP contribution in [0.2, 0.25) is 0 Å². The van der Waals surface area contributed by atoms with Crippen LogP contribution in [0.3, 0.4) is 0 Å². The van der Waals surface area contributed by atoms with E-state index in [2.05, 4.69) is 42.4 Å². The van der Waals surface area contributed by atoms with E-state index < -0.39 is 6.10 Å². The molecule has 5 nitrogen and oxygen atoms in total. The van der Waals surface area contributed by atoms with Gasteiger partial charge in [0.1, 0.15) is 11.5 Å². The van der Waals surface area contributed by atoms with Gasteiger partial charge < -0.3 is 9.47 Å². The van der Waals surface area contributed by atoms with Crippen molar-refractivity contribution < 1.29 is 14.3 Å². The second-order valence-electron chi connectivity index (χ2n) is 6.23. The third-order valence-corrected chi connectivity index (χ3v) is 5.64. The third kappa shape index (κ3) is 5.16. The zero-order chi connectivity index (χ0) is 20.8. The highest BCUT2D eigenvalue weighted by atomic mass is 79.9. The molecule has 3 rings (SSSR count). The van der Waals surface area contributed by atoms with Crippen LogP contribution >= 0.6 is 31.9 Å². The van der Waals surface area contributed by atoms with Crippen LogP contribution in [0, 0.1) is 0 Å². The van der Waals surface area contributed by atoms with Gasteiger partial charge in [-0.3, -0.25) is 4.79 Å². The van der Waals surface area contributed by atoms with Gasteiger partial charge in [-0.25, -0.2) is 5.43 Å². The van der Waals surface area contributed by atoms with E-state index in [0.29, 0.717) is 17.9 Å².